The quantitative estimate of drug-likeness (QED) is 0.681. The lowest BCUT2D eigenvalue weighted by molar-refractivity contribution is 0.392. The Morgan fingerprint density at radius 2 is 2.04 bits per heavy atom. The molecular formula is C19H17FN5O2Si. The number of nitrogens with zero attached hydrogens (tertiary/aromatic N) is 5. The van der Waals surface area contributed by atoms with Crippen LogP contribution in [0.4, 0.5) is 10.2 Å². The van der Waals surface area contributed by atoms with Crippen LogP contribution in [-0.4, -0.2) is 55.9 Å². The molecule has 1 fully saturated rings. The second kappa shape index (κ2) is 7.51. The van der Waals surface area contributed by atoms with E-state index in [0.717, 1.165) is 25.3 Å². The summed E-state index contributed by atoms with van der Waals surface area (Å²) in [6, 6.07) is 7.69. The van der Waals surface area contributed by atoms with Crippen LogP contribution in [0.1, 0.15) is 6.42 Å². The van der Waals surface area contributed by atoms with Crippen molar-refractivity contribution < 1.29 is 14.2 Å². The summed E-state index contributed by atoms with van der Waals surface area (Å²) in [4.78, 5) is 2.13. The maximum absolute atomic E-state index is 14.7. The van der Waals surface area contributed by atoms with Gasteiger partial charge in [-0.1, -0.05) is 0 Å². The normalized spacial score (nSPS) is 16.4. The molecule has 0 spiro atoms. The number of hydrogen-bond donors (Lipinski definition) is 1. The van der Waals surface area contributed by atoms with E-state index in [1.165, 1.54) is 25.4 Å². The summed E-state index contributed by atoms with van der Waals surface area (Å²) >= 11 is 0. The first-order valence-corrected chi connectivity index (χ1v) is 9.32. The van der Waals surface area contributed by atoms with Crippen LogP contribution in [0.25, 0.3) is 22.4 Å². The number of aromatic hydroxyl groups is 1. The number of anilines is 1. The van der Waals surface area contributed by atoms with Gasteiger partial charge < -0.3 is 14.7 Å². The van der Waals surface area contributed by atoms with Gasteiger partial charge in [0.1, 0.15) is 11.6 Å². The second-order valence-corrected chi connectivity index (χ2v) is 7.36. The van der Waals surface area contributed by atoms with Crippen molar-refractivity contribution in [3.63, 3.8) is 0 Å². The fourth-order valence-electron chi connectivity index (χ4n) is 3.19. The zero-order valence-electron chi connectivity index (χ0n) is 15.1. The lowest BCUT2D eigenvalue weighted by atomic mass is 10.0. The summed E-state index contributed by atoms with van der Waals surface area (Å²) in [5.74, 6) is 0.399. The summed E-state index contributed by atoms with van der Waals surface area (Å²) in [6.07, 6.45) is 2.45. The molecule has 1 N–H and O–H groups in total. The van der Waals surface area contributed by atoms with Crippen molar-refractivity contribution in [1.29, 1.82) is 0 Å². The molecular weight excluding hydrogens is 377 g/mol. The van der Waals surface area contributed by atoms with Crippen LogP contribution in [0.15, 0.2) is 36.5 Å². The monoisotopic (exact) mass is 394 g/mol. The van der Waals surface area contributed by atoms with Crippen LogP contribution in [-0.2, 0) is 0 Å². The molecule has 28 heavy (non-hydrogen) atoms. The van der Waals surface area contributed by atoms with Crippen LogP contribution in [0.3, 0.4) is 0 Å². The van der Waals surface area contributed by atoms with Gasteiger partial charge in [0.15, 0.2) is 5.82 Å². The molecule has 141 valence electrons. The molecule has 2 aromatic heterocycles. The van der Waals surface area contributed by atoms with Crippen molar-refractivity contribution >= 4 is 16.1 Å². The molecule has 1 aliphatic heterocycles. The largest absolute Gasteiger partial charge is 0.507 e. The van der Waals surface area contributed by atoms with Crippen molar-refractivity contribution in [2.45, 2.75) is 12.0 Å². The Kier molecular flexibility index (Phi) is 4.91. The van der Waals surface area contributed by atoms with E-state index in [-0.39, 0.29) is 22.8 Å². The Bertz CT molecular complexity index is 1000. The van der Waals surface area contributed by atoms with Crippen LogP contribution in [0.5, 0.6) is 11.6 Å². The fourth-order valence-corrected chi connectivity index (χ4v) is 3.54. The van der Waals surface area contributed by atoms with E-state index in [2.05, 4.69) is 35.5 Å². The third-order valence-electron chi connectivity index (χ3n) is 4.68. The highest BCUT2D eigenvalue weighted by Crippen LogP contribution is 2.35. The molecule has 3 radical (unpaired) electrons. The van der Waals surface area contributed by atoms with Crippen LogP contribution >= 0.6 is 0 Å². The molecule has 1 atom stereocenters. The first kappa shape index (κ1) is 18.3. The minimum atomic E-state index is -0.518. The molecule has 4 rings (SSSR count). The van der Waals surface area contributed by atoms with E-state index in [9.17, 15) is 9.50 Å². The number of methoxy groups -OCH3 is 1. The molecule has 9 heteroatoms. The minimum Gasteiger partial charge on any atom is -0.507 e. The molecule has 0 bridgehead atoms. The first-order valence-electron chi connectivity index (χ1n) is 8.75. The average molecular weight is 394 g/mol. The highest BCUT2D eigenvalue weighted by Gasteiger charge is 2.21. The Balaban J connectivity index is 1.64. The third-order valence-corrected chi connectivity index (χ3v) is 5.15. The predicted octanol–water partition coefficient (Wildman–Crippen LogP) is 2.62. The van der Waals surface area contributed by atoms with Gasteiger partial charge in [-0.15, -0.1) is 15.3 Å². The van der Waals surface area contributed by atoms with Gasteiger partial charge in [-0.05, 0) is 36.2 Å². The maximum Gasteiger partial charge on any atom is 0.233 e. The third kappa shape index (κ3) is 3.52. The number of aromatic nitrogens is 4. The summed E-state index contributed by atoms with van der Waals surface area (Å²) in [5.41, 5.74) is 1.75. The number of ether oxygens (including phenoxy) is 1. The molecule has 0 amide bonds. The topological polar surface area (TPSA) is 84.3 Å². The summed E-state index contributed by atoms with van der Waals surface area (Å²) in [6.45, 7) is 1.77. The smallest absolute Gasteiger partial charge is 0.233 e. The number of phenolic OH excluding ortho intramolecular Hbond substituents is 1. The van der Waals surface area contributed by atoms with Gasteiger partial charge in [0.05, 0.1) is 19.0 Å². The van der Waals surface area contributed by atoms with Crippen molar-refractivity contribution in [2.24, 2.45) is 0 Å². The number of benzene rings is 1. The zero-order valence-corrected chi connectivity index (χ0v) is 16.1. The van der Waals surface area contributed by atoms with Gasteiger partial charge >= 0.3 is 0 Å². The number of halogens is 1. The van der Waals surface area contributed by atoms with E-state index >= 15 is 0 Å². The minimum absolute atomic E-state index is 0.101. The fraction of sp³-hybridized carbons (Fsp3) is 0.263. The lowest BCUT2D eigenvalue weighted by Crippen LogP contribution is -2.20. The number of phenols is 1. The van der Waals surface area contributed by atoms with Gasteiger partial charge in [0.25, 0.3) is 0 Å². The zero-order chi connectivity index (χ0) is 19.7. The van der Waals surface area contributed by atoms with Crippen LogP contribution < -0.4 is 9.64 Å². The molecule has 1 aromatic carbocycles. The van der Waals surface area contributed by atoms with Crippen LogP contribution in [0.2, 0.25) is 5.54 Å². The molecule has 1 unspecified atom stereocenters. The Labute approximate surface area is 164 Å². The Morgan fingerprint density at radius 3 is 2.71 bits per heavy atom. The second-order valence-electron chi connectivity index (χ2n) is 6.54. The Hall–Kier alpha value is -3.07. The van der Waals surface area contributed by atoms with Crippen molar-refractivity contribution in [1.82, 2.24) is 20.4 Å². The van der Waals surface area contributed by atoms with Gasteiger partial charge in [0, 0.05) is 46.1 Å². The van der Waals surface area contributed by atoms with Gasteiger partial charge in [0.2, 0.25) is 5.88 Å². The molecule has 3 aromatic rings. The van der Waals surface area contributed by atoms with Gasteiger partial charge in [-0.25, -0.2) is 4.39 Å². The van der Waals surface area contributed by atoms with E-state index in [0.29, 0.717) is 16.8 Å². The van der Waals surface area contributed by atoms with E-state index in [1.807, 2.05) is 6.07 Å². The molecule has 3 heterocycles. The van der Waals surface area contributed by atoms with E-state index < -0.39 is 5.82 Å². The van der Waals surface area contributed by atoms with E-state index in [4.69, 9.17) is 4.74 Å². The van der Waals surface area contributed by atoms with Gasteiger partial charge in [-0.3, -0.25) is 0 Å². The number of hydrogen-bond acceptors (Lipinski definition) is 7. The molecule has 0 aliphatic carbocycles. The van der Waals surface area contributed by atoms with E-state index in [1.54, 1.807) is 12.1 Å². The highest BCUT2D eigenvalue weighted by molar-refractivity contribution is 6.12. The molecule has 1 saturated heterocycles. The standard InChI is InChI=1S/C19H17FN5O2Si/c1-27-19-6-11(9-21-24-19)13-8-17(26)14(7-15(13)20)16-2-3-18(23-22-16)25-5-4-12(28)10-25/h2-3,6-9,12,26H,4-5,10H2,1H3. The van der Waals surface area contributed by atoms with Gasteiger partial charge in [-0.2, -0.15) is 5.10 Å². The van der Waals surface area contributed by atoms with Crippen molar-refractivity contribution in [2.75, 3.05) is 25.1 Å². The molecule has 1 aliphatic rings. The highest BCUT2D eigenvalue weighted by atomic mass is 28.1. The SMILES string of the molecule is COc1cc(-c2cc(O)c(-c3ccc(N4CCC([Si])C4)nn3)cc2F)cnn1. The lowest BCUT2D eigenvalue weighted by Gasteiger charge is -2.16. The summed E-state index contributed by atoms with van der Waals surface area (Å²) in [7, 11) is 5.10. The number of rotatable bonds is 4. The molecule has 7 nitrogen and oxygen atoms in total. The average Bonchev–Trinajstić information content (AvgIpc) is 3.16. The van der Waals surface area contributed by atoms with Crippen molar-refractivity contribution in [3.8, 4) is 34.0 Å². The first-order chi connectivity index (χ1) is 13.5. The maximum atomic E-state index is 14.7. The summed E-state index contributed by atoms with van der Waals surface area (Å²) in [5, 5.41) is 26.4. The summed E-state index contributed by atoms with van der Waals surface area (Å²) < 4.78 is 19.8. The predicted molar refractivity (Wildman–Crippen MR) is 103 cm³/mol. The van der Waals surface area contributed by atoms with Crippen molar-refractivity contribution in [3.05, 3.63) is 42.3 Å². The molecule has 0 saturated carbocycles. The van der Waals surface area contributed by atoms with Crippen LogP contribution in [0, 0.1) is 5.82 Å². The Morgan fingerprint density at radius 1 is 1.18 bits per heavy atom.